The number of nitrogens with one attached hydrogen (secondary N) is 2. The number of aromatic nitrogens is 4. The van der Waals surface area contributed by atoms with E-state index in [1.807, 2.05) is 18.3 Å². The van der Waals surface area contributed by atoms with Crippen LogP contribution < -0.4 is 10.2 Å². The van der Waals surface area contributed by atoms with E-state index in [1.165, 1.54) is 35.7 Å². The number of aryl methyl sites for hydroxylation is 3. The SMILES string of the molecule is Cc1cc(Nc2nccc(-c3cnc4[nH]c5c(c4c3)CCCC5)n2)ccc1N1C[C@@H]2C[C@H]1CN2S(C)(=O)=O. The number of pyridine rings is 1. The van der Waals surface area contributed by atoms with Crippen LogP contribution in [0.25, 0.3) is 22.3 Å². The third kappa shape index (κ3) is 4.03. The van der Waals surface area contributed by atoms with Crippen molar-refractivity contribution in [2.45, 2.75) is 51.1 Å². The highest BCUT2D eigenvalue weighted by Crippen LogP contribution is 2.38. The number of aromatic amines is 1. The van der Waals surface area contributed by atoms with Crippen molar-refractivity contribution in [2.24, 2.45) is 0 Å². The quantitative estimate of drug-likeness (QED) is 0.400. The number of nitrogens with zero attached hydrogens (tertiary/aromatic N) is 5. The number of anilines is 3. The highest BCUT2D eigenvalue weighted by molar-refractivity contribution is 7.88. The third-order valence-corrected chi connectivity index (χ3v) is 9.58. The first kappa shape index (κ1) is 23.6. The van der Waals surface area contributed by atoms with E-state index in [9.17, 15) is 8.42 Å². The summed E-state index contributed by atoms with van der Waals surface area (Å²) >= 11 is 0. The Kier molecular flexibility index (Phi) is 5.45. The largest absolute Gasteiger partial charge is 0.365 e. The average molecular weight is 530 g/mol. The van der Waals surface area contributed by atoms with Crippen LogP contribution in [0.15, 0.2) is 42.7 Å². The predicted molar refractivity (Wildman–Crippen MR) is 149 cm³/mol. The molecule has 1 aromatic carbocycles. The van der Waals surface area contributed by atoms with E-state index in [0.717, 1.165) is 59.7 Å². The number of sulfonamides is 1. The van der Waals surface area contributed by atoms with Gasteiger partial charge in [-0.25, -0.2) is 23.4 Å². The molecule has 2 bridgehead atoms. The van der Waals surface area contributed by atoms with Crippen molar-refractivity contribution in [3.8, 4) is 11.3 Å². The summed E-state index contributed by atoms with van der Waals surface area (Å²) in [5, 5.41) is 4.56. The minimum absolute atomic E-state index is 0.0637. The standard InChI is InChI=1S/C28H31N7O2S/c1-17-11-19(7-8-26(17)34-15-21-13-20(34)16-35(21)38(2,36)37)31-28-29-10-9-24(33-28)18-12-23-22-5-3-4-6-25(22)32-27(23)30-14-18/h7-12,14,20-21H,3-6,13,15-16H2,1-2H3,(H,30,32)(H,29,31,33)/t20-,21-/m0/s1. The van der Waals surface area contributed by atoms with E-state index in [1.54, 1.807) is 10.5 Å². The lowest BCUT2D eigenvalue weighted by molar-refractivity contribution is 0.371. The van der Waals surface area contributed by atoms with Crippen molar-refractivity contribution in [1.29, 1.82) is 0 Å². The van der Waals surface area contributed by atoms with Crippen LogP contribution in [-0.4, -0.2) is 64.1 Å². The van der Waals surface area contributed by atoms with Gasteiger partial charge in [-0.1, -0.05) is 0 Å². The molecule has 196 valence electrons. The number of hydrogen-bond acceptors (Lipinski definition) is 7. The van der Waals surface area contributed by atoms with Crippen molar-refractivity contribution >= 4 is 38.4 Å². The van der Waals surface area contributed by atoms with Gasteiger partial charge in [0.1, 0.15) is 5.65 Å². The predicted octanol–water partition coefficient (Wildman–Crippen LogP) is 4.17. The van der Waals surface area contributed by atoms with Gasteiger partial charge in [0.25, 0.3) is 0 Å². The molecule has 0 amide bonds. The summed E-state index contributed by atoms with van der Waals surface area (Å²) < 4.78 is 25.8. The fraction of sp³-hybridized carbons (Fsp3) is 0.393. The molecule has 0 radical (unpaired) electrons. The topological polar surface area (TPSA) is 107 Å². The van der Waals surface area contributed by atoms with Crippen LogP contribution in [0.3, 0.4) is 0 Å². The van der Waals surface area contributed by atoms with Crippen LogP contribution >= 0.6 is 0 Å². The van der Waals surface area contributed by atoms with Crippen LogP contribution in [0.1, 0.15) is 36.1 Å². The number of piperazine rings is 1. The van der Waals surface area contributed by atoms with Crippen molar-refractivity contribution in [2.75, 3.05) is 29.6 Å². The van der Waals surface area contributed by atoms with Crippen LogP contribution in [0.2, 0.25) is 0 Å². The smallest absolute Gasteiger partial charge is 0.227 e. The van der Waals surface area contributed by atoms with E-state index in [4.69, 9.17) is 9.97 Å². The lowest BCUT2D eigenvalue weighted by atomic mass is 9.95. The molecular formula is C28H31N7O2S. The third-order valence-electron chi connectivity index (χ3n) is 8.28. The van der Waals surface area contributed by atoms with Gasteiger partial charge in [-0.05, 0) is 80.5 Å². The fourth-order valence-electron chi connectivity index (χ4n) is 6.51. The Labute approximate surface area is 222 Å². The molecule has 3 aromatic heterocycles. The Bertz CT molecular complexity index is 1670. The highest BCUT2D eigenvalue weighted by Gasteiger charge is 2.47. The number of benzene rings is 1. The molecule has 2 saturated heterocycles. The summed E-state index contributed by atoms with van der Waals surface area (Å²) in [6.07, 6.45) is 10.5. The number of H-pyrrole nitrogens is 1. The van der Waals surface area contributed by atoms with Crippen molar-refractivity contribution in [3.05, 3.63) is 59.5 Å². The summed E-state index contributed by atoms with van der Waals surface area (Å²) in [5.74, 6) is 0.537. The normalized spacial score (nSPS) is 21.3. The van der Waals surface area contributed by atoms with Crippen LogP contribution in [0.5, 0.6) is 0 Å². The first-order valence-electron chi connectivity index (χ1n) is 13.3. The van der Waals surface area contributed by atoms with Crippen molar-refractivity contribution in [1.82, 2.24) is 24.2 Å². The van der Waals surface area contributed by atoms with E-state index in [-0.39, 0.29) is 12.1 Å². The lowest BCUT2D eigenvalue weighted by Crippen LogP contribution is -2.48. The molecule has 0 unspecified atom stereocenters. The van der Waals surface area contributed by atoms with Crippen LogP contribution in [0, 0.1) is 6.92 Å². The monoisotopic (exact) mass is 529 g/mol. The zero-order chi connectivity index (χ0) is 26.0. The van der Waals surface area contributed by atoms with E-state index < -0.39 is 10.0 Å². The van der Waals surface area contributed by atoms with Gasteiger partial charge in [0, 0.05) is 65.6 Å². The second kappa shape index (κ2) is 8.78. The molecule has 3 aliphatic rings. The lowest BCUT2D eigenvalue weighted by Gasteiger charge is -2.35. The zero-order valence-corrected chi connectivity index (χ0v) is 22.4. The minimum Gasteiger partial charge on any atom is -0.365 e. The average Bonchev–Trinajstić information content (AvgIpc) is 3.61. The number of rotatable bonds is 5. The molecule has 2 N–H and O–H groups in total. The van der Waals surface area contributed by atoms with Gasteiger partial charge >= 0.3 is 0 Å². The molecule has 10 heteroatoms. The van der Waals surface area contributed by atoms with Gasteiger partial charge < -0.3 is 15.2 Å². The van der Waals surface area contributed by atoms with Crippen molar-refractivity contribution < 1.29 is 8.42 Å². The maximum absolute atomic E-state index is 12.1. The van der Waals surface area contributed by atoms with Gasteiger partial charge in [-0.15, -0.1) is 0 Å². The molecule has 2 aliphatic heterocycles. The molecule has 9 nitrogen and oxygen atoms in total. The Hall–Kier alpha value is -3.50. The second-order valence-corrected chi connectivity index (χ2v) is 12.8. The summed E-state index contributed by atoms with van der Waals surface area (Å²) in [5.41, 5.74) is 8.70. The molecule has 2 fully saturated rings. The second-order valence-electron chi connectivity index (χ2n) is 10.8. The summed E-state index contributed by atoms with van der Waals surface area (Å²) in [4.78, 5) is 19.8. The number of fused-ring (bicyclic) bond motifs is 5. The maximum atomic E-state index is 12.1. The minimum atomic E-state index is -3.15. The van der Waals surface area contributed by atoms with E-state index in [0.29, 0.717) is 12.5 Å². The van der Waals surface area contributed by atoms with E-state index >= 15 is 0 Å². The Balaban J connectivity index is 1.10. The first-order chi connectivity index (χ1) is 18.3. The molecule has 7 rings (SSSR count). The van der Waals surface area contributed by atoms with E-state index in [2.05, 4.69) is 45.3 Å². The highest BCUT2D eigenvalue weighted by atomic mass is 32.2. The zero-order valence-electron chi connectivity index (χ0n) is 21.6. The number of hydrogen-bond donors (Lipinski definition) is 2. The Morgan fingerprint density at radius 2 is 1.92 bits per heavy atom. The van der Waals surface area contributed by atoms with Gasteiger partial charge in [0.15, 0.2) is 0 Å². The molecule has 0 spiro atoms. The molecule has 0 saturated carbocycles. The van der Waals surface area contributed by atoms with Crippen LogP contribution in [0.4, 0.5) is 17.3 Å². The van der Waals surface area contributed by atoms with Gasteiger partial charge in [-0.3, -0.25) is 0 Å². The van der Waals surface area contributed by atoms with Gasteiger partial charge in [0.05, 0.1) is 11.9 Å². The summed E-state index contributed by atoms with van der Waals surface area (Å²) in [7, 11) is -3.15. The summed E-state index contributed by atoms with van der Waals surface area (Å²) in [6, 6.07) is 10.7. The molecule has 38 heavy (non-hydrogen) atoms. The summed E-state index contributed by atoms with van der Waals surface area (Å²) in [6.45, 7) is 3.39. The first-order valence-corrected chi connectivity index (χ1v) is 15.1. The van der Waals surface area contributed by atoms with Gasteiger partial charge in [-0.2, -0.15) is 4.31 Å². The fourth-order valence-corrected chi connectivity index (χ4v) is 7.65. The Morgan fingerprint density at radius 3 is 2.71 bits per heavy atom. The van der Waals surface area contributed by atoms with Crippen molar-refractivity contribution in [3.63, 3.8) is 0 Å². The molecule has 2 atom stereocenters. The molecule has 1 aliphatic carbocycles. The molecule has 5 heterocycles. The van der Waals surface area contributed by atoms with Gasteiger partial charge in [0.2, 0.25) is 16.0 Å². The Morgan fingerprint density at radius 1 is 1.05 bits per heavy atom. The molecule has 4 aromatic rings. The van der Waals surface area contributed by atoms with Crippen LogP contribution in [-0.2, 0) is 22.9 Å². The molecular weight excluding hydrogens is 498 g/mol. The maximum Gasteiger partial charge on any atom is 0.227 e.